The van der Waals surface area contributed by atoms with Crippen LogP contribution in [0.2, 0.25) is 0 Å². The molecule has 1 aliphatic heterocycles. The number of rotatable bonds is 5. The average molecular weight is 402 g/mol. The lowest BCUT2D eigenvalue weighted by atomic mass is 9.79. The topological polar surface area (TPSA) is 54.0 Å². The number of carbonyl (C=O) groups is 1. The van der Waals surface area contributed by atoms with Gasteiger partial charge in [-0.25, -0.2) is 0 Å². The second-order valence-electron chi connectivity index (χ2n) is 10.3. The Hall–Kier alpha value is -1.53. The molecule has 1 saturated carbocycles. The molecule has 160 valence electrons. The summed E-state index contributed by atoms with van der Waals surface area (Å²) in [7, 11) is -0.375. The van der Waals surface area contributed by atoms with Crippen LogP contribution in [0.1, 0.15) is 74.1 Å². The van der Waals surface area contributed by atoms with Gasteiger partial charge in [0.1, 0.15) is 17.5 Å². The third kappa shape index (κ3) is 5.34. The molecule has 2 atom stereocenters. The standard InChI is InChI=1S/C23H35BO5/c1-21(2,3)27-20(25)15-16-9-8-10-19(16)26-18-13-11-17(12-14-18)24-28-22(4,5)23(6,7)29-24/h11-14,16,19H,8-10,15H2,1-7H3/t16-,19-/m1/s1. The predicted molar refractivity (Wildman–Crippen MR) is 114 cm³/mol. The van der Waals surface area contributed by atoms with Gasteiger partial charge >= 0.3 is 13.1 Å². The molecule has 29 heavy (non-hydrogen) atoms. The molecular formula is C23H35BO5. The molecule has 0 N–H and O–H groups in total. The maximum Gasteiger partial charge on any atom is 0.494 e. The van der Waals surface area contributed by atoms with Gasteiger partial charge in [0.25, 0.3) is 0 Å². The Morgan fingerprint density at radius 1 is 1.07 bits per heavy atom. The maximum atomic E-state index is 12.2. The summed E-state index contributed by atoms with van der Waals surface area (Å²) in [5.74, 6) is 0.869. The minimum absolute atomic E-state index is 0.0465. The summed E-state index contributed by atoms with van der Waals surface area (Å²) in [6, 6.07) is 7.91. The second-order valence-corrected chi connectivity index (χ2v) is 10.3. The van der Waals surface area contributed by atoms with Gasteiger partial charge in [-0.15, -0.1) is 0 Å². The molecule has 0 radical (unpaired) electrons. The van der Waals surface area contributed by atoms with Gasteiger partial charge in [-0.3, -0.25) is 4.79 Å². The van der Waals surface area contributed by atoms with E-state index < -0.39 is 5.60 Å². The largest absolute Gasteiger partial charge is 0.494 e. The van der Waals surface area contributed by atoms with Crippen molar-refractivity contribution in [2.24, 2.45) is 5.92 Å². The molecule has 0 aromatic heterocycles. The fourth-order valence-corrected chi connectivity index (χ4v) is 3.85. The first-order valence-corrected chi connectivity index (χ1v) is 10.7. The molecule has 2 aliphatic rings. The van der Waals surface area contributed by atoms with Gasteiger partial charge in [-0.2, -0.15) is 0 Å². The van der Waals surface area contributed by atoms with Crippen molar-refractivity contribution in [1.82, 2.24) is 0 Å². The zero-order chi connectivity index (χ0) is 21.4. The van der Waals surface area contributed by atoms with Crippen LogP contribution in [0.15, 0.2) is 24.3 Å². The molecule has 0 spiro atoms. The molecule has 1 aromatic rings. The fraction of sp³-hybridized carbons (Fsp3) is 0.696. The zero-order valence-electron chi connectivity index (χ0n) is 18.9. The second kappa shape index (κ2) is 7.95. The Balaban J connectivity index is 1.59. The smallest absolute Gasteiger partial charge is 0.490 e. The van der Waals surface area contributed by atoms with Crippen LogP contribution in [-0.2, 0) is 18.8 Å². The molecule has 3 rings (SSSR count). The van der Waals surface area contributed by atoms with Crippen LogP contribution in [0, 0.1) is 5.92 Å². The van der Waals surface area contributed by atoms with Crippen LogP contribution in [0.5, 0.6) is 5.75 Å². The third-order valence-electron chi connectivity index (χ3n) is 6.13. The number of esters is 1. The molecule has 5 nitrogen and oxygen atoms in total. The number of ether oxygens (including phenoxy) is 2. The van der Waals surface area contributed by atoms with Crippen molar-refractivity contribution in [3.63, 3.8) is 0 Å². The summed E-state index contributed by atoms with van der Waals surface area (Å²) in [4.78, 5) is 12.2. The van der Waals surface area contributed by atoms with Gasteiger partial charge < -0.3 is 18.8 Å². The Kier molecular flexibility index (Phi) is 6.08. The van der Waals surface area contributed by atoms with Crippen molar-refractivity contribution in [2.75, 3.05) is 0 Å². The van der Waals surface area contributed by atoms with Crippen molar-refractivity contribution < 1.29 is 23.6 Å². The summed E-state index contributed by atoms with van der Waals surface area (Å²) in [6.45, 7) is 13.9. The van der Waals surface area contributed by atoms with E-state index in [2.05, 4.69) is 27.7 Å². The molecule has 1 aromatic carbocycles. The van der Waals surface area contributed by atoms with E-state index in [0.29, 0.717) is 6.42 Å². The van der Waals surface area contributed by atoms with E-state index in [4.69, 9.17) is 18.8 Å². The van der Waals surface area contributed by atoms with Gasteiger partial charge in [0, 0.05) is 5.92 Å². The molecule has 0 bridgehead atoms. The van der Waals surface area contributed by atoms with Crippen molar-refractivity contribution in [1.29, 1.82) is 0 Å². The van der Waals surface area contributed by atoms with Crippen molar-refractivity contribution in [2.45, 2.75) is 97.1 Å². The summed E-state index contributed by atoms with van der Waals surface area (Å²) in [6.07, 6.45) is 3.49. The Morgan fingerprint density at radius 3 is 2.21 bits per heavy atom. The minimum atomic E-state index is -0.449. The van der Waals surface area contributed by atoms with E-state index in [1.165, 1.54) is 0 Å². The monoisotopic (exact) mass is 402 g/mol. The van der Waals surface area contributed by atoms with Crippen LogP contribution in [0.4, 0.5) is 0 Å². The SMILES string of the molecule is CC(C)(C)OC(=O)C[C@H]1CCC[C@H]1Oc1ccc(B2OC(C)(C)C(C)(C)O2)cc1. The van der Waals surface area contributed by atoms with Gasteiger partial charge in [0.2, 0.25) is 0 Å². The molecule has 6 heteroatoms. The van der Waals surface area contributed by atoms with Crippen molar-refractivity contribution in [3.05, 3.63) is 24.3 Å². The third-order valence-corrected chi connectivity index (χ3v) is 6.13. The lowest BCUT2D eigenvalue weighted by molar-refractivity contribution is -0.156. The molecule has 0 unspecified atom stereocenters. The first kappa shape index (κ1) is 22.2. The lowest BCUT2D eigenvalue weighted by Crippen LogP contribution is -2.41. The van der Waals surface area contributed by atoms with Crippen molar-refractivity contribution >= 4 is 18.6 Å². The van der Waals surface area contributed by atoms with E-state index in [-0.39, 0.29) is 36.3 Å². The summed E-state index contributed by atoms with van der Waals surface area (Å²) in [5, 5.41) is 0. The summed E-state index contributed by atoms with van der Waals surface area (Å²) >= 11 is 0. The van der Waals surface area contributed by atoms with Gasteiger partial charge in [0.15, 0.2) is 0 Å². The van der Waals surface area contributed by atoms with E-state index in [1.807, 2.05) is 45.0 Å². The number of hydrogen-bond donors (Lipinski definition) is 0. The highest BCUT2D eigenvalue weighted by Crippen LogP contribution is 2.37. The molecule has 2 fully saturated rings. The summed E-state index contributed by atoms with van der Waals surface area (Å²) < 4.78 is 23.9. The Bertz CT molecular complexity index is 704. The van der Waals surface area contributed by atoms with Crippen LogP contribution in [0.25, 0.3) is 0 Å². The highest BCUT2D eigenvalue weighted by Gasteiger charge is 2.51. The summed E-state index contributed by atoms with van der Waals surface area (Å²) in [5.41, 5.74) is -0.181. The molecule has 0 amide bonds. The maximum absolute atomic E-state index is 12.2. The van der Waals surface area contributed by atoms with Gasteiger partial charge in [0.05, 0.1) is 17.6 Å². The minimum Gasteiger partial charge on any atom is -0.490 e. The van der Waals surface area contributed by atoms with Crippen molar-refractivity contribution in [3.8, 4) is 5.75 Å². The predicted octanol–water partition coefficient (Wildman–Crippen LogP) is 4.27. The van der Waals surface area contributed by atoms with E-state index >= 15 is 0 Å². The van der Waals surface area contributed by atoms with E-state index in [1.54, 1.807) is 0 Å². The first-order valence-electron chi connectivity index (χ1n) is 10.7. The van der Waals surface area contributed by atoms with E-state index in [9.17, 15) is 4.79 Å². The number of benzene rings is 1. The van der Waals surface area contributed by atoms with Crippen LogP contribution in [-0.4, -0.2) is 36.0 Å². The highest BCUT2D eigenvalue weighted by molar-refractivity contribution is 6.62. The van der Waals surface area contributed by atoms with Gasteiger partial charge in [-0.05, 0) is 85.3 Å². The van der Waals surface area contributed by atoms with Crippen LogP contribution < -0.4 is 10.2 Å². The van der Waals surface area contributed by atoms with E-state index in [0.717, 1.165) is 30.5 Å². The Morgan fingerprint density at radius 2 is 1.66 bits per heavy atom. The Labute approximate surface area is 175 Å². The van der Waals surface area contributed by atoms with Gasteiger partial charge in [-0.1, -0.05) is 12.1 Å². The molecule has 1 aliphatic carbocycles. The van der Waals surface area contributed by atoms with Crippen LogP contribution >= 0.6 is 0 Å². The molecule has 1 saturated heterocycles. The average Bonchev–Trinajstić information content (AvgIpc) is 3.07. The lowest BCUT2D eigenvalue weighted by Gasteiger charge is -2.32. The normalized spacial score (nSPS) is 25.8. The quantitative estimate of drug-likeness (QED) is 0.544. The molecular weight excluding hydrogens is 367 g/mol. The molecule has 1 heterocycles. The fourth-order valence-electron chi connectivity index (χ4n) is 3.85. The van der Waals surface area contributed by atoms with Crippen LogP contribution in [0.3, 0.4) is 0 Å². The first-order chi connectivity index (χ1) is 13.4. The zero-order valence-corrected chi connectivity index (χ0v) is 18.9. The number of carbonyl (C=O) groups excluding carboxylic acids is 1. The number of hydrogen-bond acceptors (Lipinski definition) is 5. The highest BCUT2D eigenvalue weighted by atomic mass is 16.7.